The fourth-order valence-electron chi connectivity index (χ4n) is 2.68. The van der Waals surface area contributed by atoms with E-state index in [2.05, 4.69) is 71.4 Å². The largest absolute Gasteiger partial charge is 0.307 e. The van der Waals surface area contributed by atoms with Crippen LogP contribution in [-0.4, -0.2) is 15.7 Å². The van der Waals surface area contributed by atoms with Crippen LogP contribution in [-0.2, 0) is 12.0 Å². The van der Waals surface area contributed by atoms with Crippen LogP contribution >= 0.6 is 15.9 Å². The molecule has 3 rings (SSSR count). The van der Waals surface area contributed by atoms with Crippen LogP contribution in [0.4, 0.5) is 5.82 Å². The number of carbonyl (C=O) groups is 1. The molecule has 0 saturated carbocycles. The van der Waals surface area contributed by atoms with Gasteiger partial charge in [0.05, 0.1) is 18.3 Å². The number of nitrogens with zero attached hydrogens (tertiary/aromatic N) is 2. The first-order chi connectivity index (χ1) is 12.3. The molecule has 26 heavy (non-hydrogen) atoms. The minimum absolute atomic E-state index is 0.131. The molecule has 0 atom stereocenters. The van der Waals surface area contributed by atoms with E-state index >= 15 is 0 Å². The van der Waals surface area contributed by atoms with Crippen molar-refractivity contribution in [3.63, 3.8) is 0 Å². The van der Waals surface area contributed by atoms with Crippen LogP contribution in [0, 0.1) is 0 Å². The lowest BCUT2D eigenvalue weighted by Crippen LogP contribution is -2.16. The van der Waals surface area contributed by atoms with E-state index in [0.29, 0.717) is 17.9 Å². The zero-order valence-electron chi connectivity index (χ0n) is 15.2. The summed E-state index contributed by atoms with van der Waals surface area (Å²) in [7, 11) is 0. The molecule has 1 heterocycles. The summed E-state index contributed by atoms with van der Waals surface area (Å²) in [5.41, 5.74) is 3.16. The van der Waals surface area contributed by atoms with Crippen molar-refractivity contribution in [3.8, 4) is 0 Å². The third kappa shape index (κ3) is 4.22. The Bertz CT molecular complexity index is 908. The van der Waals surface area contributed by atoms with E-state index in [4.69, 9.17) is 0 Å². The van der Waals surface area contributed by atoms with Crippen LogP contribution in [0.15, 0.2) is 65.3 Å². The molecule has 2 aromatic carbocycles. The van der Waals surface area contributed by atoms with E-state index < -0.39 is 0 Å². The minimum atomic E-state index is -0.165. The van der Waals surface area contributed by atoms with Crippen molar-refractivity contribution in [2.75, 3.05) is 5.32 Å². The number of benzene rings is 2. The van der Waals surface area contributed by atoms with Crippen molar-refractivity contribution in [1.82, 2.24) is 9.78 Å². The summed E-state index contributed by atoms with van der Waals surface area (Å²) >= 11 is 3.41. The van der Waals surface area contributed by atoms with Crippen LogP contribution in [0.1, 0.15) is 42.3 Å². The van der Waals surface area contributed by atoms with Gasteiger partial charge in [-0.05, 0) is 44.6 Å². The maximum absolute atomic E-state index is 12.5. The zero-order valence-corrected chi connectivity index (χ0v) is 16.7. The Balaban J connectivity index is 1.75. The molecule has 0 bridgehead atoms. The molecular formula is C21H22BrN3O. The Morgan fingerprint density at radius 2 is 1.77 bits per heavy atom. The van der Waals surface area contributed by atoms with Crippen molar-refractivity contribution >= 4 is 27.7 Å². The van der Waals surface area contributed by atoms with Crippen molar-refractivity contribution in [1.29, 1.82) is 0 Å². The van der Waals surface area contributed by atoms with Gasteiger partial charge in [0, 0.05) is 10.5 Å². The number of carbonyl (C=O) groups excluding carboxylic acids is 1. The molecule has 0 spiro atoms. The standard InChI is InChI=1S/C21H22BrN3O/c1-21(2,3)16-10-8-15(9-11-16)14-25-19(12-13-23-25)24-20(26)17-6-4-5-7-18(17)22/h4-13H,14H2,1-3H3,(H,24,26). The normalized spacial score (nSPS) is 11.4. The van der Waals surface area contributed by atoms with Crippen LogP contribution in [0.5, 0.6) is 0 Å². The lowest BCUT2D eigenvalue weighted by molar-refractivity contribution is 0.102. The van der Waals surface area contributed by atoms with Crippen LogP contribution in [0.2, 0.25) is 0 Å². The first-order valence-electron chi connectivity index (χ1n) is 8.52. The van der Waals surface area contributed by atoms with E-state index in [1.54, 1.807) is 23.0 Å². The highest BCUT2D eigenvalue weighted by molar-refractivity contribution is 9.10. The van der Waals surface area contributed by atoms with Crippen molar-refractivity contribution < 1.29 is 4.79 Å². The molecule has 1 aromatic heterocycles. The van der Waals surface area contributed by atoms with Gasteiger partial charge < -0.3 is 5.32 Å². The van der Waals surface area contributed by atoms with E-state index in [9.17, 15) is 4.79 Å². The van der Waals surface area contributed by atoms with Gasteiger partial charge in [0.1, 0.15) is 5.82 Å². The SMILES string of the molecule is CC(C)(C)c1ccc(Cn2nccc2NC(=O)c2ccccc2Br)cc1. The Hall–Kier alpha value is -2.40. The molecule has 0 unspecified atom stereocenters. The summed E-state index contributed by atoms with van der Waals surface area (Å²) in [5, 5.41) is 7.28. The lowest BCUT2D eigenvalue weighted by atomic mass is 9.87. The van der Waals surface area contributed by atoms with Gasteiger partial charge in [-0.15, -0.1) is 0 Å². The van der Waals surface area contributed by atoms with Crippen LogP contribution < -0.4 is 5.32 Å². The quantitative estimate of drug-likeness (QED) is 0.637. The fourth-order valence-corrected chi connectivity index (χ4v) is 3.14. The summed E-state index contributed by atoms with van der Waals surface area (Å²) < 4.78 is 2.56. The molecule has 0 fully saturated rings. The van der Waals surface area contributed by atoms with Gasteiger partial charge in [-0.2, -0.15) is 5.10 Å². The average Bonchev–Trinajstić information content (AvgIpc) is 3.01. The van der Waals surface area contributed by atoms with E-state index in [1.165, 1.54) is 5.56 Å². The molecule has 4 nitrogen and oxygen atoms in total. The topological polar surface area (TPSA) is 46.9 Å². The van der Waals surface area contributed by atoms with Gasteiger partial charge in [0.15, 0.2) is 0 Å². The highest BCUT2D eigenvalue weighted by Crippen LogP contribution is 2.23. The minimum Gasteiger partial charge on any atom is -0.307 e. The molecule has 3 aromatic rings. The molecule has 0 radical (unpaired) electrons. The smallest absolute Gasteiger partial charge is 0.257 e. The van der Waals surface area contributed by atoms with Crippen LogP contribution in [0.3, 0.4) is 0 Å². The van der Waals surface area contributed by atoms with Crippen molar-refractivity contribution in [3.05, 3.63) is 82.0 Å². The molecule has 0 saturated heterocycles. The summed E-state index contributed by atoms with van der Waals surface area (Å²) in [6.45, 7) is 7.20. The molecule has 5 heteroatoms. The van der Waals surface area contributed by atoms with Gasteiger partial charge in [-0.25, -0.2) is 4.68 Å². The van der Waals surface area contributed by atoms with Gasteiger partial charge in [0.25, 0.3) is 5.91 Å². The third-order valence-electron chi connectivity index (χ3n) is 4.23. The third-order valence-corrected chi connectivity index (χ3v) is 4.92. The highest BCUT2D eigenvalue weighted by atomic mass is 79.9. The second-order valence-corrected chi connectivity index (χ2v) is 8.11. The zero-order chi connectivity index (χ0) is 18.7. The highest BCUT2D eigenvalue weighted by Gasteiger charge is 2.14. The van der Waals surface area contributed by atoms with Gasteiger partial charge in [-0.1, -0.05) is 57.2 Å². The molecule has 0 aliphatic carbocycles. The Morgan fingerprint density at radius 3 is 2.42 bits per heavy atom. The number of hydrogen-bond donors (Lipinski definition) is 1. The summed E-state index contributed by atoms with van der Waals surface area (Å²) in [6.07, 6.45) is 1.69. The predicted octanol–water partition coefficient (Wildman–Crippen LogP) is 5.24. The van der Waals surface area contributed by atoms with E-state index in [1.807, 2.05) is 18.2 Å². The molecule has 1 amide bonds. The maximum atomic E-state index is 12.5. The van der Waals surface area contributed by atoms with Crippen LogP contribution in [0.25, 0.3) is 0 Å². The van der Waals surface area contributed by atoms with Crippen molar-refractivity contribution in [2.45, 2.75) is 32.7 Å². The van der Waals surface area contributed by atoms with Gasteiger partial charge >= 0.3 is 0 Å². The van der Waals surface area contributed by atoms with E-state index in [-0.39, 0.29) is 11.3 Å². The molecule has 134 valence electrons. The molecule has 0 aliphatic heterocycles. The van der Waals surface area contributed by atoms with E-state index in [0.717, 1.165) is 10.0 Å². The number of amides is 1. The number of nitrogens with one attached hydrogen (secondary N) is 1. The number of aromatic nitrogens is 2. The second-order valence-electron chi connectivity index (χ2n) is 7.25. The first kappa shape index (κ1) is 18.4. The summed E-state index contributed by atoms with van der Waals surface area (Å²) in [4.78, 5) is 12.5. The molecule has 0 aliphatic rings. The Labute approximate surface area is 162 Å². The number of hydrogen-bond acceptors (Lipinski definition) is 2. The second kappa shape index (κ2) is 7.46. The Morgan fingerprint density at radius 1 is 1.08 bits per heavy atom. The maximum Gasteiger partial charge on any atom is 0.257 e. The fraction of sp³-hybridized carbons (Fsp3) is 0.238. The van der Waals surface area contributed by atoms with Crippen molar-refractivity contribution in [2.24, 2.45) is 0 Å². The number of anilines is 1. The lowest BCUT2D eigenvalue weighted by Gasteiger charge is -2.19. The van der Waals surface area contributed by atoms with Gasteiger partial charge in [-0.3, -0.25) is 4.79 Å². The van der Waals surface area contributed by atoms with Gasteiger partial charge in [0.2, 0.25) is 0 Å². The summed E-state index contributed by atoms with van der Waals surface area (Å²) in [5.74, 6) is 0.507. The first-order valence-corrected chi connectivity index (χ1v) is 9.31. The predicted molar refractivity (Wildman–Crippen MR) is 109 cm³/mol. The summed E-state index contributed by atoms with van der Waals surface area (Å²) in [6, 6.07) is 17.7. The monoisotopic (exact) mass is 411 g/mol. The number of halogens is 1. The average molecular weight is 412 g/mol. The molecular weight excluding hydrogens is 390 g/mol. The Kier molecular flexibility index (Phi) is 5.28. The molecule has 1 N–H and O–H groups in total. The number of rotatable bonds is 4.